The fourth-order valence-corrected chi connectivity index (χ4v) is 2.86. The second kappa shape index (κ2) is 3.97. The van der Waals surface area contributed by atoms with Crippen LogP contribution in [0.5, 0.6) is 0 Å². The molecule has 2 aliphatic rings. The Morgan fingerprint density at radius 1 is 1.23 bits per heavy atom. The number of hydrogen-bond acceptors (Lipinski definition) is 2. The molecule has 0 bridgehead atoms. The smallest absolute Gasteiger partial charge is 0.0707 e. The van der Waals surface area contributed by atoms with Crippen LogP contribution < -0.4 is 0 Å². The van der Waals surface area contributed by atoms with Gasteiger partial charge >= 0.3 is 0 Å². The van der Waals surface area contributed by atoms with Crippen LogP contribution in [0.3, 0.4) is 0 Å². The van der Waals surface area contributed by atoms with Crippen LogP contribution in [-0.4, -0.2) is 35.2 Å². The van der Waals surface area contributed by atoms with Crippen LogP contribution in [0.2, 0.25) is 0 Å². The third-order valence-electron chi connectivity index (χ3n) is 3.80. The molecule has 1 saturated heterocycles. The Morgan fingerprint density at radius 2 is 1.92 bits per heavy atom. The molecule has 0 radical (unpaired) electrons. The molecular weight excluding hydrogens is 162 g/mol. The summed E-state index contributed by atoms with van der Waals surface area (Å²) in [4.78, 5) is 2.52. The van der Waals surface area contributed by atoms with Crippen LogP contribution in [0.4, 0.5) is 0 Å². The van der Waals surface area contributed by atoms with Gasteiger partial charge in [0.15, 0.2) is 0 Å². The lowest BCUT2D eigenvalue weighted by Gasteiger charge is -2.22. The molecule has 2 fully saturated rings. The Bertz CT molecular complexity index is 165. The fraction of sp³-hybridized carbons (Fsp3) is 1.00. The van der Waals surface area contributed by atoms with Crippen LogP contribution in [0, 0.1) is 5.92 Å². The van der Waals surface area contributed by atoms with Crippen LogP contribution in [0.1, 0.15) is 39.0 Å². The molecule has 1 saturated carbocycles. The molecule has 2 nitrogen and oxygen atoms in total. The first-order valence-corrected chi connectivity index (χ1v) is 5.73. The van der Waals surface area contributed by atoms with E-state index in [-0.39, 0.29) is 6.10 Å². The lowest BCUT2D eigenvalue weighted by atomic mass is 10.0. The number of β-amino-alcohol motifs (C(OH)–C–C–N with tert-alkyl or cyclic N) is 1. The van der Waals surface area contributed by atoms with Gasteiger partial charge in [-0.1, -0.05) is 19.8 Å². The molecule has 0 aromatic carbocycles. The van der Waals surface area contributed by atoms with Gasteiger partial charge in [-0.05, 0) is 25.2 Å². The van der Waals surface area contributed by atoms with Crippen molar-refractivity contribution in [2.45, 2.75) is 51.2 Å². The third-order valence-corrected chi connectivity index (χ3v) is 3.80. The molecular formula is C11H21NO. The maximum absolute atomic E-state index is 9.78. The summed E-state index contributed by atoms with van der Waals surface area (Å²) in [6, 6.07) is 0.797. The Hall–Kier alpha value is -0.0800. The van der Waals surface area contributed by atoms with Crippen LogP contribution in [0.25, 0.3) is 0 Å². The molecule has 2 heteroatoms. The lowest BCUT2D eigenvalue weighted by Crippen LogP contribution is -2.31. The Morgan fingerprint density at radius 3 is 2.46 bits per heavy atom. The Labute approximate surface area is 80.9 Å². The molecule has 0 aromatic rings. The zero-order valence-electron chi connectivity index (χ0n) is 8.58. The van der Waals surface area contributed by atoms with Crippen molar-refractivity contribution in [1.29, 1.82) is 0 Å². The molecule has 0 spiro atoms. The summed E-state index contributed by atoms with van der Waals surface area (Å²) in [6.07, 6.45) is 6.60. The first-order chi connectivity index (χ1) is 6.31. The van der Waals surface area contributed by atoms with Crippen molar-refractivity contribution in [1.82, 2.24) is 4.90 Å². The Kier molecular flexibility index (Phi) is 2.89. The van der Waals surface area contributed by atoms with Crippen molar-refractivity contribution in [3.8, 4) is 0 Å². The summed E-state index contributed by atoms with van der Waals surface area (Å²) in [7, 11) is 0. The van der Waals surface area contributed by atoms with E-state index in [1.807, 2.05) is 0 Å². The summed E-state index contributed by atoms with van der Waals surface area (Å²) in [5, 5.41) is 9.78. The molecule has 1 N–H and O–H groups in total. The minimum absolute atomic E-state index is 0.0504. The Balaban J connectivity index is 1.88. The maximum atomic E-state index is 9.78. The standard InChI is InChI=1S/C11H21NO/c1-2-9-7-12(8-11(9)13)10-5-3-4-6-10/h9-11,13H,2-8H2,1H3. The summed E-state index contributed by atoms with van der Waals surface area (Å²) >= 11 is 0. The van der Waals surface area contributed by atoms with Gasteiger partial charge in [0.2, 0.25) is 0 Å². The van der Waals surface area contributed by atoms with E-state index in [9.17, 15) is 5.11 Å². The van der Waals surface area contributed by atoms with Crippen LogP contribution in [-0.2, 0) is 0 Å². The van der Waals surface area contributed by atoms with E-state index < -0.39 is 0 Å². The third kappa shape index (κ3) is 1.89. The van der Waals surface area contributed by atoms with Crippen molar-refractivity contribution < 1.29 is 5.11 Å². The van der Waals surface area contributed by atoms with Gasteiger partial charge in [0, 0.05) is 19.1 Å². The van der Waals surface area contributed by atoms with Crippen molar-refractivity contribution in [3.05, 3.63) is 0 Å². The van der Waals surface area contributed by atoms with E-state index >= 15 is 0 Å². The summed E-state index contributed by atoms with van der Waals surface area (Å²) < 4.78 is 0. The van der Waals surface area contributed by atoms with Gasteiger partial charge in [-0.3, -0.25) is 4.90 Å². The van der Waals surface area contributed by atoms with Gasteiger partial charge in [-0.25, -0.2) is 0 Å². The quantitative estimate of drug-likeness (QED) is 0.703. The minimum Gasteiger partial charge on any atom is -0.391 e. The van der Waals surface area contributed by atoms with Crippen molar-refractivity contribution in [2.24, 2.45) is 5.92 Å². The van der Waals surface area contributed by atoms with Gasteiger partial charge in [0.1, 0.15) is 0 Å². The number of likely N-dealkylation sites (tertiary alicyclic amines) is 1. The average Bonchev–Trinajstić information content (AvgIpc) is 2.71. The SMILES string of the molecule is CCC1CN(C2CCCC2)CC1O. The lowest BCUT2D eigenvalue weighted by molar-refractivity contribution is 0.135. The normalized spacial score (nSPS) is 37.4. The maximum Gasteiger partial charge on any atom is 0.0707 e. The minimum atomic E-state index is -0.0504. The molecule has 76 valence electrons. The molecule has 0 aromatic heterocycles. The van der Waals surface area contributed by atoms with Crippen molar-refractivity contribution >= 4 is 0 Å². The van der Waals surface area contributed by atoms with E-state index in [0.29, 0.717) is 5.92 Å². The van der Waals surface area contributed by atoms with Gasteiger partial charge < -0.3 is 5.11 Å². The second-order valence-corrected chi connectivity index (χ2v) is 4.63. The molecule has 1 heterocycles. The van der Waals surface area contributed by atoms with Crippen molar-refractivity contribution in [3.63, 3.8) is 0 Å². The molecule has 2 atom stereocenters. The summed E-state index contributed by atoms with van der Waals surface area (Å²) in [6.45, 7) is 4.26. The molecule has 0 amide bonds. The fourth-order valence-electron chi connectivity index (χ4n) is 2.86. The molecule has 2 rings (SSSR count). The number of aliphatic hydroxyl groups is 1. The highest BCUT2D eigenvalue weighted by molar-refractivity contribution is 4.88. The predicted molar refractivity (Wildman–Crippen MR) is 53.6 cm³/mol. The highest BCUT2D eigenvalue weighted by atomic mass is 16.3. The first kappa shape index (κ1) is 9.47. The van der Waals surface area contributed by atoms with Gasteiger partial charge in [0.25, 0.3) is 0 Å². The summed E-state index contributed by atoms with van der Waals surface area (Å²) in [5.41, 5.74) is 0. The topological polar surface area (TPSA) is 23.5 Å². The highest BCUT2D eigenvalue weighted by Crippen LogP contribution is 2.29. The van der Waals surface area contributed by atoms with E-state index in [1.54, 1.807) is 0 Å². The molecule has 13 heavy (non-hydrogen) atoms. The number of aliphatic hydroxyl groups excluding tert-OH is 1. The average molecular weight is 183 g/mol. The van der Waals surface area contributed by atoms with E-state index in [0.717, 1.165) is 25.6 Å². The monoisotopic (exact) mass is 183 g/mol. The van der Waals surface area contributed by atoms with Gasteiger partial charge in [0.05, 0.1) is 6.10 Å². The predicted octanol–water partition coefficient (Wildman–Crippen LogP) is 1.63. The first-order valence-electron chi connectivity index (χ1n) is 5.73. The van der Waals surface area contributed by atoms with E-state index in [4.69, 9.17) is 0 Å². The zero-order valence-corrected chi connectivity index (χ0v) is 8.58. The van der Waals surface area contributed by atoms with Gasteiger partial charge in [-0.15, -0.1) is 0 Å². The molecule has 1 aliphatic heterocycles. The van der Waals surface area contributed by atoms with Crippen molar-refractivity contribution in [2.75, 3.05) is 13.1 Å². The number of nitrogens with zero attached hydrogens (tertiary/aromatic N) is 1. The van der Waals surface area contributed by atoms with Gasteiger partial charge in [-0.2, -0.15) is 0 Å². The van der Waals surface area contributed by atoms with Crippen LogP contribution in [0.15, 0.2) is 0 Å². The largest absolute Gasteiger partial charge is 0.391 e. The highest BCUT2D eigenvalue weighted by Gasteiger charge is 2.34. The van der Waals surface area contributed by atoms with E-state index in [2.05, 4.69) is 11.8 Å². The van der Waals surface area contributed by atoms with Crippen LogP contribution >= 0.6 is 0 Å². The molecule has 2 unspecified atom stereocenters. The zero-order chi connectivity index (χ0) is 9.26. The summed E-state index contributed by atoms with van der Waals surface area (Å²) in [5.74, 6) is 0.542. The number of hydrogen-bond donors (Lipinski definition) is 1. The van der Waals surface area contributed by atoms with E-state index in [1.165, 1.54) is 25.7 Å². The second-order valence-electron chi connectivity index (χ2n) is 4.63. The molecule has 1 aliphatic carbocycles. The number of rotatable bonds is 2.